The number of halogens is 2. The molecule has 0 amide bonds. The third-order valence-electron chi connectivity index (χ3n) is 3.63. The SMILES string of the molecule is CN1CCN=C(/C=C/c2ccccc2F)c2ccccc21.Cl. The Morgan fingerprint density at radius 3 is 2.59 bits per heavy atom. The van der Waals surface area contributed by atoms with Crippen molar-refractivity contribution in [3.63, 3.8) is 0 Å². The fourth-order valence-electron chi connectivity index (χ4n) is 2.47. The van der Waals surface area contributed by atoms with Crippen molar-refractivity contribution in [3.05, 3.63) is 71.6 Å². The fraction of sp³-hybridized carbons (Fsp3) is 0.167. The molecule has 0 saturated carbocycles. The number of hydrogen-bond acceptors (Lipinski definition) is 2. The molecule has 22 heavy (non-hydrogen) atoms. The molecule has 0 fully saturated rings. The first-order valence-corrected chi connectivity index (χ1v) is 7.03. The predicted octanol–water partition coefficient (Wildman–Crippen LogP) is 4.20. The Hall–Kier alpha value is -2.13. The standard InChI is InChI=1S/C18H17FN2.ClH/c1-21-13-12-20-17(15-7-3-5-9-18(15)21)11-10-14-6-2-4-8-16(14)19;/h2-11H,12-13H2,1H3;1H/b11-10+;. The normalized spacial score (nSPS) is 14.1. The monoisotopic (exact) mass is 316 g/mol. The molecule has 0 aromatic heterocycles. The summed E-state index contributed by atoms with van der Waals surface area (Å²) in [5.41, 5.74) is 3.73. The molecule has 3 rings (SSSR count). The molecule has 1 aliphatic heterocycles. The molecule has 114 valence electrons. The van der Waals surface area contributed by atoms with E-state index < -0.39 is 0 Å². The van der Waals surface area contributed by atoms with Gasteiger partial charge in [-0.25, -0.2) is 4.39 Å². The molecule has 1 aliphatic rings. The Morgan fingerprint density at radius 2 is 1.77 bits per heavy atom. The van der Waals surface area contributed by atoms with Gasteiger partial charge in [-0.3, -0.25) is 4.99 Å². The van der Waals surface area contributed by atoms with Gasteiger partial charge >= 0.3 is 0 Å². The van der Waals surface area contributed by atoms with Gasteiger partial charge < -0.3 is 4.90 Å². The van der Waals surface area contributed by atoms with E-state index in [-0.39, 0.29) is 18.2 Å². The van der Waals surface area contributed by atoms with Gasteiger partial charge in [0.25, 0.3) is 0 Å². The van der Waals surface area contributed by atoms with Crippen LogP contribution in [-0.4, -0.2) is 25.8 Å². The maximum absolute atomic E-state index is 13.7. The summed E-state index contributed by atoms with van der Waals surface area (Å²) in [4.78, 5) is 6.82. The largest absolute Gasteiger partial charge is 0.372 e. The Morgan fingerprint density at radius 1 is 1.05 bits per heavy atom. The Kier molecular flexibility index (Phi) is 5.34. The summed E-state index contributed by atoms with van der Waals surface area (Å²) in [6.07, 6.45) is 3.69. The van der Waals surface area contributed by atoms with E-state index in [0.29, 0.717) is 5.56 Å². The van der Waals surface area contributed by atoms with Crippen molar-refractivity contribution in [2.75, 3.05) is 25.0 Å². The minimum absolute atomic E-state index is 0. The van der Waals surface area contributed by atoms with E-state index in [2.05, 4.69) is 29.1 Å². The minimum Gasteiger partial charge on any atom is -0.372 e. The van der Waals surface area contributed by atoms with Gasteiger partial charge in [-0.05, 0) is 24.3 Å². The highest BCUT2D eigenvalue weighted by Crippen LogP contribution is 2.23. The van der Waals surface area contributed by atoms with Crippen LogP contribution in [0.15, 0.2) is 59.6 Å². The van der Waals surface area contributed by atoms with Gasteiger partial charge in [0.15, 0.2) is 0 Å². The van der Waals surface area contributed by atoms with Crippen LogP contribution in [-0.2, 0) is 0 Å². The second-order valence-corrected chi connectivity index (χ2v) is 5.06. The third kappa shape index (κ3) is 3.37. The molecule has 0 unspecified atom stereocenters. The van der Waals surface area contributed by atoms with Crippen LogP contribution >= 0.6 is 12.4 Å². The van der Waals surface area contributed by atoms with Gasteiger partial charge in [0.05, 0.1) is 12.3 Å². The van der Waals surface area contributed by atoms with E-state index in [9.17, 15) is 4.39 Å². The number of para-hydroxylation sites is 1. The number of nitrogens with zero attached hydrogens (tertiary/aromatic N) is 2. The molecule has 4 heteroatoms. The van der Waals surface area contributed by atoms with Crippen molar-refractivity contribution in [3.8, 4) is 0 Å². The van der Waals surface area contributed by atoms with Crippen molar-refractivity contribution in [2.24, 2.45) is 4.99 Å². The summed E-state index contributed by atoms with van der Waals surface area (Å²) in [7, 11) is 2.07. The van der Waals surface area contributed by atoms with Crippen LogP contribution in [0, 0.1) is 5.82 Å². The Balaban J connectivity index is 0.00000176. The van der Waals surface area contributed by atoms with E-state index in [1.165, 1.54) is 6.07 Å². The molecule has 1 heterocycles. The van der Waals surface area contributed by atoms with Gasteiger partial charge in [0.2, 0.25) is 0 Å². The summed E-state index contributed by atoms with van der Waals surface area (Å²) >= 11 is 0. The molecule has 0 bridgehead atoms. The number of hydrogen-bond donors (Lipinski definition) is 0. The summed E-state index contributed by atoms with van der Waals surface area (Å²) in [6.45, 7) is 1.62. The first kappa shape index (κ1) is 16.2. The zero-order chi connectivity index (χ0) is 14.7. The quantitative estimate of drug-likeness (QED) is 0.810. The molecular weight excluding hydrogens is 299 g/mol. The Bertz CT molecular complexity index is 710. The van der Waals surface area contributed by atoms with E-state index in [1.54, 1.807) is 18.2 Å². The van der Waals surface area contributed by atoms with E-state index in [4.69, 9.17) is 0 Å². The highest BCUT2D eigenvalue weighted by Gasteiger charge is 2.13. The van der Waals surface area contributed by atoms with Gasteiger partial charge in [0, 0.05) is 30.4 Å². The summed E-state index contributed by atoms with van der Waals surface area (Å²) in [6, 6.07) is 14.9. The second kappa shape index (κ2) is 7.23. The minimum atomic E-state index is -0.214. The predicted molar refractivity (Wildman–Crippen MR) is 93.8 cm³/mol. The van der Waals surface area contributed by atoms with E-state index in [0.717, 1.165) is 30.1 Å². The van der Waals surface area contributed by atoms with Crippen molar-refractivity contribution in [2.45, 2.75) is 0 Å². The van der Waals surface area contributed by atoms with Crippen LogP contribution in [0.25, 0.3) is 6.08 Å². The number of rotatable bonds is 2. The molecule has 0 spiro atoms. The number of fused-ring (bicyclic) bond motifs is 1. The van der Waals surface area contributed by atoms with Crippen LogP contribution in [0.2, 0.25) is 0 Å². The molecule has 0 atom stereocenters. The topological polar surface area (TPSA) is 15.6 Å². The fourth-order valence-corrected chi connectivity index (χ4v) is 2.47. The average molecular weight is 317 g/mol. The maximum atomic E-state index is 13.7. The number of anilines is 1. The summed E-state index contributed by atoms with van der Waals surface area (Å²) in [5, 5.41) is 0. The molecule has 0 aliphatic carbocycles. The van der Waals surface area contributed by atoms with E-state index >= 15 is 0 Å². The lowest BCUT2D eigenvalue weighted by atomic mass is 10.1. The molecule has 0 saturated heterocycles. The Labute approximate surface area is 136 Å². The van der Waals surface area contributed by atoms with Crippen molar-refractivity contribution in [1.29, 1.82) is 0 Å². The van der Waals surface area contributed by atoms with Gasteiger partial charge in [-0.1, -0.05) is 36.4 Å². The second-order valence-electron chi connectivity index (χ2n) is 5.06. The number of benzodiazepines with no additional fused rings is 1. The third-order valence-corrected chi connectivity index (χ3v) is 3.63. The van der Waals surface area contributed by atoms with E-state index in [1.807, 2.05) is 24.3 Å². The highest BCUT2D eigenvalue weighted by atomic mass is 35.5. The zero-order valence-electron chi connectivity index (χ0n) is 12.4. The number of benzene rings is 2. The lowest BCUT2D eigenvalue weighted by Gasteiger charge is -2.18. The molecule has 2 aromatic carbocycles. The lowest BCUT2D eigenvalue weighted by molar-refractivity contribution is 0.625. The molecule has 0 radical (unpaired) electrons. The summed E-state index contributed by atoms with van der Waals surface area (Å²) in [5.74, 6) is -0.214. The number of likely N-dealkylation sites (N-methyl/N-ethyl adjacent to an activating group) is 1. The highest BCUT2D eigenvalue weighted by molar-refractivity contribution is 6.14. The summed E-state index contributed by atoms with van der Waals surface area (Å²) < 4.78 is 13.7. The first-order chi connectivity index (χ1) is 10.3. The number of allylic oxidation sites excluding steroid dienone is 1. The van der Waals surface area contributed by atoms with Crippen LogP contribution in [0.1, 0.15) is 11.1 Å². The average Bonchev–Trinajstić information content (AvgIpc) is 2.67. The van der Waals surface area contributed by atoms with Gasteiger partial charge in [0.1, 0.15) is 5.82 Å². The van der Waals surface area contributed by atoms with Gasteiger partial charge in [-0.15, -0.1) is 12.4 Å². The first-order valence-electron chi connectivity index (χ1n) is 7.03. The smallest absolute Gasteiger partial charge is 0.130 e. The molecular formula is C18H18ClFN2. The number of aliphatic imine (C=N–C) groups is 1. The zero-order valence-corrected chi connectivity index (χ0v) is 13.2. The van der Waals surface area contributed by atoms with Crippen LogP contribution in [0.5, 0.6) is 0 Å². The van der Waals surface area contributed by atoms with Crippen LogP contribution in [0.4, 0.5) is 10.1 Å². The molecule has 0 N–H and O–H groups in total. The molecule has 2 aromatic rings. The van der Waals surface area contributed by atoms with Crippen molar-refractivity contribution in [1.82, 2.24) is 0 Å². The molecule has 2 nitrogen and oxygen atoms in total. The maximum Gasteiger partial charge on any atom is 0.130 e. The van der Waals surface area contributed by atoms with Crippen LogP contribution < -0.4 is 4.90 Å². The van der Waals surface area contributed by atoms with Gasteiger partial charge in [-0.2, -0.15) is 0 Å². The van der Waals surface area contributed by atoms with Crippen molar-refractivity contribution >= 4 is 29.9 Å². The van der Waals surface area contributed by atoms with Crippen LogP contribution in [0.3, 0.4) is 0 Å². The lowest BCUT2D eigenvalue weighted by Crippen LogP contribution is -2.20. The van der Waals surface area contributed by atoms with Crippen molar-refractivity contribution < 1.29 is 4.39 Å².